The van der Waals surface area contributed by atoms with Crippen LogP contribution in [0, 0.1) is 0 Å². The molecule has 0 heterocycles. The topological polar surface area (TPSA) is 60.8 Å². The summed E-state index contributed by atoms with van der Waals surface area (Å²) in [4.78, 5) is 12.8. The summed E-state index contributed by atoms with van der Waals surface area (Å²) in [6.07, 6.45) is 6.94. The average Bonchev–Trinajstić information content (AvgIpc) is 3.05. The molecule has 0 amide bonds. The van der Waals surface area contributed by atoms with Gasteiger partial charge in [0.25, 0.3) is 0 Å². The van der Waals surface area contributed by atoms with Crippen LogP contribution in [-0.2, 0) is 4.79 Å². The van der Waals surface area contributed by atoms with E-state index in [4.69, 9.17) is 10.2 Å². The maximum atomic E-state index is 10.5. The van der Waals surface area contributed by atoms with Crippen molar-refractivity contribution in [1.82, 2.24) is 4.90 Å². The number of aliphatic carboxylic acids is 1. The van der Waals surface area contributed by atoms with E-state index in [1.165, 1.54) is 12.8 Å². The molecule has 1 rings (SSSR count). The van der Waals surface area contributed by atoms with Crippen LogP contribution in [-0.4, -0.2) is 46.8 Å². The van der Waals surface area contributed by atoms with Crippen LogP contribution in [0.4, 0.5) is 0 Å². The second kappa shape index (κ2) is 7.63. The molecule has 0 bridgehead atoms. The van der Waals surface area contributed by atoms with Crippen molar-refractivity contribution in [2.45, 2.75) is 51.0 Å². The summed E-state index contributed by atoms with van der Waals surface area (Å²) in [5.41, 5.74) is 0. The molecular formula is C12H23NO3. The Bertz CT molecular complexity index is 204. The molecule has 1 aliphatic rings. The molecule has 0 unspecified atom stereocenters. The van der Waals surface area contributed by atoms with E-state index in [1.54, 1.807) is 0 Å². The van der Waals surface area contributed by atoms with Crippen molar-refractivity contribution in [3.8, 4) is 0 Å². The van der Waals surface area contributed by atoms with Gasteiger partial charge in [0.1, 0.15) is 0 Å². The summed E-state index contributed by atoms with van der Waals surface area (Å²) in [5, 5.41) is 17.3. The zero-order chi connectivity index (χ0) is 11.8. The number of carboxylic acid groups (broad SMARTS) is 1. The van der Waals surface area contributed by atoms with Crippen molar-refractivity contribution in [3.63, 3.8) is 0 Å². The highest BCUT2D eigenvalue weighted by atomic mass is 16.4. The number of rotatable bonds is 10. The van der Waals surface area contributed by atoms with Gasteiger partial charge < -0.3 is 10.2 Å². The van der Waals surface area contributed by atoms with E-state index in [9.17, 15) is 4.79 Å². The van der Waals surface area contributed by atoms with Crippen LogP contribution in [0.5, 0.6) is 0 Å². The van der Waals surface area contributed by atoms with E-state index < -0.39 is 5.97 Å². The lowest BCUT2D eigenvalue weighted by atomic mass is 10.2. The molecule has 1 fully saturated rings. The highest BCUT2D eigenvalue weighted by molar-refractivity contribution is 5.66. The molecule has 4 nitrogen and oxygen atoms in total. The Kier molecular flexibility index (Phi) is 6.42. The van der Waals surface area contributed by atoms with Crippen LogP contribution >= 0.6 is 0 Å². The minimum Gasteiger partial charge on any atom is -0.481 e. The molecule has 1 aliphatic carbocycles. The summed E-state index contributed by atoms with van der Waals surface area (Å²) in [5.74, 6) is -0.703. The molecule has 0 aromatic carbocycles. The third-order valence-electron chi connectivity index (χ3n) is 3.03. The highest BCUT2D eigenvalue weighted by Crippen LogP contribution is 2.27. The molecule has 0 spiro atoms. The van der Waals surface area contributed by atoms with Gasteiger partial charge in [0.15, 0.2) is 0 Å². The summed E-state index contributed by atoms with van der Waals surface area (Å²) in [6, 6.07) is 0.650. The lowest BCUT2D eigenvalue weighted by Crippen LogP contribution is -2.29. The smallest absolute Gasteiger partial charge is 0.304 e. The van der Waals surface area contributed by atoms with E-state index in [-0.39, 0.29) is 13.0 Å². The van der Waals surface area contributed by atoms with Crippen LogP contribution in [0.25, 0.3) is 0 Å². The van der Waals surface area contributed by atoms with Gasteiger partial charge in [-0.2, -0.15) is 0 Å². The van der Waals surface area contributed by atoms with Gasteiger partial charge >= 0.3 is 5.97 Å². The van der Waals surface area contributed by atoms with Crippen LogP contribution in [0.3, 0.4) is 0 Å². The maximum Gasteiger partial charge on any atom is 0.304 e. The predicted molar refractivity (Wildman–Crippen MR) is 62.4 cm³/mol. The van der Waals surface area contributed by atoms with Crippen molar-refractivity contribution in [1.29, 1.82) is 0 Å². The van der Waals surface area contributed by atoms with Crippen molar-refractivity contribution in [2.75, 3.05) is 19.7 Å². The fourth-order valence-electron chi connectivity index (χ4n) is 1.94. The number of nitrogens with zero attached hydrogens (tertiary/aromatic N) is 1. The molecule has 16 heavy (non-hydrogen) atoms. The number of hydrogen-bond donors (Lipinski definition) is 2. The van der Waals surface area contributed by atoms with Crippen molar-refractivity contribution in [3.05, 3.63) is 0 Å². The fourth-order valence-corrected chi connectivity index (χ4v) is 1.94. The van der Waals surface area contributed by atoms with Gasteiger partial charge in [0.2, 0.25) is 0 Å². The second-order valence-corrected chi connectivity index (χ2v) is 4.55. The highest BCUT2D eigenvalue weighted by Gasteiger charge is 2.28. The number of unbranched alkanes of at least 4 members (excludes halogenated alkanes) is 3. The SMILES string of the molecule is O=C(O)CCN(CCCCCCO)C1CC1. The molecule has 0 aliphatic heterocycles. The normalized spacial score (nSPS) is 15.6. The molecule has 2 N–H and O–H groups in total. The van der Waals surface area contributed by atoms with Gasteiger partial charge in [0, 0.05) is 19.2 Å². The first-order chi connectivity index (χ1) is 7.74. The van der Waals surface area contributed by atoms with E-state index >= 15 is 0 Å². The first-order valence-corrected chi connectivity index (χ1v) is 6.30. The van der Waals surface area contributed by atoms with Gasteiger partial charge in [0.05, 0.1) is 6.42 Å². The molecule has 4 heteroatoms. The summed E-state index contributed by atoms with van der Waals surface area (Å²) >= 11 is 0. The monoisotopic (exact) mass is 229 g/mol. The van der Waals surface area contributed by atoms with Crippen LogP contribution in [0.2, 0.25) is 0 Å². The van der Waals surface area contributed by atoms with Gasteiger partial charge in [-0.25, -0.2) is 0 Å². The fraction of sp³-hybridized carbons (Fsp3) is 0.917. The predicted octanol–water partition coefficient (Wildman–Crippen LogP) is 1.48. The Morgan fingerprint density at radius 1 is 1.12 bits per heavy atom. The molecule has 0 aromatic heterocycles. The number of aliphatic hydroxyl groups excluding tert-OH is 1. The largest absolute Gasteiger partial charge is 0.481 e. The quantitative estimate of drug-likeness (QED) is 0.557. The van der Waals surface area contributed by atoms with Crippen molar-refractivity contribution >= 4 is 5.97 Å². The Hall–Kier alpha value is -0.610. The van der Waals surface area contributed by atoms with Gasteiger partial charge in [-0.05, 0) is 32.2 Å². The second-order valence-electron chi connectivity index (χ2n) is 4.55. The third-order valence-corrected chi connectivity index (χ3v) is 3.03. The van der Waals surface area contributed by atoms with Crippen LogP contribution in [0.1, 0.15) is 44.9 Å². The molecule has 0 radical (unpaired) electrons. The number of aliphatic hydroxyl groups is 1. The summed E-state index contributed by atoms with van der Waals surface area (Å²) in [6.45, 7) is 1.99. The Balaban J connectivity index is 2.06. The van der Waals surface area contributed by atoms with E-state index in [1.807, 2.05) is 0 Å². The van der Waals surface area contributed by atoms with Crippen molar-refractivity contribution in [2.24, 2.45) is 0 Å². The van der Waals surface area contributed by atoms with Gasteiger partial charge in [-0.1, -0.05) is 12.8 Å². The number of carboxylic acids is 1. The Morgan fingerprint density at radius 2 is 1.81 bits per heavy atom. The van der Waals surface area contributed by atoms with Crippen molar-refractivity contribution < 1.29 is 15.0 Å². The van der Waals surface area contributed by atoms with Gasteiger partial charge in [-0.3, -0.25) is 9.69 Å². The van der Waals surface area contributed by atoms with E-state index in [2.05, 4.69) is 4.90 Å². The summed E-state index contributed by atoms with van der Waals surface area (Å²) in [7, 11) is 0. The lowest BCUT2D eigenvalue weighted by molar-refractivity contribution is -0.137. The standard InChI is InChI=1S/C12H23NO3/c14-10-4-2-1-3-8-13(11-5-6-11)9-7-12(15)16/h11,14H,1-10H2,(H,15,16). The minimum atomic E-state index is -0.703. The molecular weight excluding hydrogens is 206 g/mol. The minimum absolute atomic E-state index is 0.257. The van der Waals surface area contributed by atoms with Crippen LogP contribution < -0.4 is 0 Å². The van der Waals surface area contributed by atoms with E-state index in [0.717, 1.165) is 32.2 Å². The maximum absolute atomic E-state index is 10.5. The lowest BCUT2D eigenvalue weighted by Gasteiger charge is -2.20. The Labute approximate surface area is 97.3 Å². The van der Waals surface area contributed by atoms with E-state index in [0.29, 0.717) is 12.6 Å². The molecule has 94 valence electrons. The number of carbonyl (C=O) groups is 1. The molecule has 0 saturated heterocycles. The molecule has 0 atom stereocenters. The average molecular weight is 229 g/mol. The van der Waals surface area contributed by atoms with Gasteiger partial charge in [-0.15, -0.1) is 0 Å². The summed E-state index contributed by atoms with van der Waals surface area (Å²) < 4.78 is 0. The zero-order valence-electron chi connectivity index (χ0n) is 9.90. The molecule has 1 saturated carbocycles. The zero-order valence-corrected chi connectivity index (χ0v) is 9.90. The van der Waals surface area contributed by atoms with Crippen LogP contribution in [0.15, 0.2) is 0 Å². The number of hydrogen-bond acceptors (Lipinski definition) is 3. The molecule has 0 aromatic rings. The first kappa shape index (κ1) is 13.5. The third kappa shape index (κ3) is 6.08. The Morgan fingerprint density at radius 3 is 2.38 bits per heavy atom. The first-order valence-electron chi connectivity index (χ1n) is 6.30.